The number of rotatable bonds is 5. The van der Waals surface area contributed by atoms with E-state index in [0.717, 1.165) is 37.6 Å². The lowest BCUT2D eigenvalue weighted by Crippen LogP contribution is -2.45. The molecule has 2 aromatic carbocycles. The molecule has 2 aliphatic rings. The van der Waals surface area contributed by atoms with Crippen molar-refractivity contribution in [1.82, 2.24) is 14.7 Å². The second-order valence-corrected chi connectivity index (χ2v) is 7.97. The van der Waals surface area contributed by atoms with Crippen LogP contribution in [0.25, 0.3) is 0 Å². The number of fused-ring (bicyclic) bond motifs is 1. The van der Waals surface area contributed by atoms with Crippen LogP contribution in [0.3, 0.4) is 0 Å². The van der Waals surface area contributed by atoms with Gasteiger partial charge in [0.05, 0.1) is 11.1 Å². The summed E-state index contributed by atoms with van der Waals surface area (Å²) in [4.78, 5) is 43.6. The first-order valence-corrected chi connectivity index (χ1v) is 10.2. The van der Waals surface area contributed by atoms with E-state index in [1.54, 1.807) is 31.2 Å². The zero-order valence-corrected chi connectivity index (χ0v) is 17.3. The molecule has 7 nitrogen and oxygen atoms in total. The standard InChI is InChI=1S/C23H26N4O3/c1-16(27-22(29)19-5-3-4-6-20(19)23(27)30)21(28)24-18-9-7-17(8-10-18)15-26-13-11-25(2)12-14-26/h3-10,16H,11-15H2,1-2H3,(H,24,28). The highest BCUT2D eigenvalue weighted by Gasteiger charge is 2.40. The van der Waals surface area contributed by atoms with Crippen LogP contribution < -0.4 is 5.32 Å². The van der Waals surface area contributed by atoms with Crippen LogP contribution in [0, 0.1) is 0 Å². The van der Waals surface area contributed by atoms with Gasteiger partial charge in [0.25, 0.3) is 11.8 Å². The van der Waals surface area contributed by atoms with Gasteiger partial charge in [0.1, 0.15) is 6.04 Å². The summed E-state index contributed by atoms with van der Waals surface area (Å²) < 4.78 is 0. The summed E-state index contributed by atoms with van der Waals surface area (Å²) in [6.07, 6.45) is 0. The van der Waals surface area contributed by atoms with Gasteiger partial charge >= 0.3 is 0 Å². The molecule has 7 heteroatoms. The summed E-state index contributed by atoms with van der Waals surface area (Å²) in [5, 5.41) is 2.82. The number of hydrogen-bond acceptors (Lipinski definition) is 5. The van der Waals surface area contributed by atoms with Gasteiger partial charge in [-0.2, -0.15) is 0 Å². The molecule has 156 valence electrons. The summed E-state index contributed by atoms with van der Waals surface area (Å²) in [6, 6.07) is 13.5. The Morgan fingerprint density at radius 3 is 2.07 bits per heavy atom. The monoisotopic (exact) mass is 406 g/mol. The molecular weight excluding hydrogens is 380 g/mol. The number of imide groups is 1. The van der Waals surface area contributed by atoms with Crippen LogP contribution >= 0.6 is 0 Å². The van der Waals surface area contributed by atoms with E-state index < -0.39 is 23.8 Å². The average molecular weight is 406 g/mol. The molecule has 0 radical (unpaired) electrons. The molecule has 2 heterocycles. The first-order valence-electron chi connectivity index (χ1n) is 10.2. The number of benzene rings is 2. The Hall–Kier alpha value is -3.03. The molecule has 30 heavy (non-hydrogen) atoms. The third-order valence-electron chi connectivity index (χ3n) is 5.82. The maximum absolute atomic E-state index is 12.7. The molecule has 2 aromatic rings. The normalized spacial score (nSPS) is 18.4. The van der Waals surface area contributed by atoms with E-state index in [4.69, 9.17) is 0 Å². The van der Waals surface area contributed by atoms with E-state index in [2.05, 4.69) is 22.2 Å². The molecular formula is C23H26N4O3. The van der Waals surface area contributed by atoms with Crippen molar-refractivity contribution in [1.29, 1.82) is 0 Å². The molecule has 3 amide bonds. The topological polar surface area (TPSA) is 73.0 Å². The van der Waals surface area contributed by atoms with Gasteiger partial charge in [0.2, 0.25) is 5.91 Å². The number of piperazine rings is 1. The quantitative estimate of drug-likeness (QED) is 0.770. The predicted octanol–water partition coefficient (Wildman–Crippen LogP) is 2.06. The third-order valence-corrected chi connectivity index (χ3v) is 5.82. The number of anilines is 1. The summed E-state index contributed by atoms with van der Waals surface area (Å²) in [5.74, 6) is -1.25. The maximum atomic E-state index is 12.7. The minimum atomic E-state index is -0.901. The van der Waals surface area contributed by atoms with E-state index in [0.29, 0.717) is 16.8 Å². The van der Waals surface area contributed by atoms with Gasteiger partial charge in [-0.25, -0.2) is 0 Å². The van der Waals surface area contributed by atoms with Crippen LogP contribution in [-0.4, -0.2) is 71.7 Å². The largest absolute Gasteiger partial charge is 0.324 e. The Balaban J connectivity index is 1.37. The van der Waals surface area contributed by atoms with Crippen molar-refractivity contribution in [2.24, 2.45) is 0 Å². The highest BCUT2D eigenvalue weighted by molar-refractivity contribution is 6.23. The van der Waals surface area contributed by atoms with E-state index >= 15 is 0 Å². The van der Waals surface area contributed by atoms with Crippen molar-refractivity contribution in [2.75, 3.05) is 38.5 Å². The fourth-order valence-electron chi connectivity index (χ4n) is 3.88. The van der Waals surface area contributed by atoms with E-state index in [9.17, 15) is 14.4 Å². The lowest BCUT2D eigenvalue weighted by atomic mass is 10.1. The smallest absolute Gasteiger partial charge is 0.262 e. The molecule has 0 aromatic heterocycles. The zero-order valence-electron chi connectivity index (χ0n) is 17.3. The van der Waals surface area contributed by atoms with Crippen molar-refractivity contribution < 1.29 is 14.4 Å². The van der Waals surface area contributed by atoms with Crippen LogP contribution in [0.4, 0.5) is 5.69 Å². The minimum absolute atomic E-state index is 0.343. The van der Waals surface area contributed by atoms with Crippen LogP contribution in [0.2, 0.25) is 0 Å². The molecule has 4 rings (SSSR count). The van der Waals surface area contributed by atoms with E-state index in [-0.39, 0.29) is 0 Å². The summed E-state index contributed by atoms with van der Waals surface area (Å²) in [7, 11) is 2.14. The molecule has 0 saturated carbocycles. The van der Waals surface area contributed by atoms with Gasteiger partial charge in [0, 0.05) is 38.4 Å². The zero-order chi connectivity index (χ0) is 21.3. The van der Waals surface area contributed by atoms with Crippen molar-refractivity contribution in [3.63, 3.8) is 0 Å². The number of carbonyl (C=O) groups excluding carboxylic acids is 3. The van der Waals surface area contributed by atoms with E-state index in [1.165, 1.54) is 5.56 Å². The van der Waals surface area contributed by atoms with Gasteiger partial charge in [0.15, 0.2) is 0 Å². The molecule has 1 fully saturated rings. The highest BCUT2D eigenvalue weighted by atomic mass is 16.2. The van der Waals surface area contributed by atoms with Crippen LogP contribution in [0.5, 0.6) is 0 Å². The van der Waals surface area contributed by atoms with Crippen molar-refractivity contribution in [3.05, 3.63) is 65.2 Å². The Labute approximate surface area is 176 Å². The van der Waals surface area contributed by atoms with E-state index in [1.807, 2.05) is 24.3 Å². The average Bonchev–Trinajstić information content (AvgIpc) is 3.01. The van der Waals surface area contributed by atoms with Crippen molar-refractivity contribution in [3.8, 4) is 0 Å². The molecule has 0 spiro atoms. The Morgan fingerprint density at radius 1 is 0.933 bits per heavy atom. The van der Waals surface area contributed by atoms with Crippen LogP contribution in [0.1, 0.15) is 33.2 Å². The fourth-order valence-corrected chi connectivity index (χ4v) is 3.88. The summed E-state index contributed by atoms with van der Waals surface area (Å²) in [5.41, 5.74) is 2.52. The molecule has 1 atom stereocenters. The molecule has 1 saturated heterocycles. The van der Waals surface area contributed by atoms with Gasteiger partial charge in [-0.15, -0.1) is 0 Å². The molecule has 0 aliphatic carbocycles. The number of likely N-dealkylation sites (N-methyl/N-ethyl adjacent to an activating group) is 1. The summed E-state index contributed by atoms with van der Waals surface area (Å²) in [6.45, 7) is 6.69. The Bertz CT molecular complexity index is 930. The number of nitrogens with one attached hydrogen (secondary N) is 1. The van der Waals surface area contributed by atoms with Gasteiger partial charge in [-0.05, 0) is 43.8 Å². The number of hydrogen-bond donors (Lipinski definition) is 1. The third kappa shape index (κ3) is 3.99. The lowest BCUT2D eigenvalue weighted by Gasteiger charge is -2.32. The van der Waals surface area contributed by atoms with Gasteiger partial charge in [-0.1, -0.05) is 24.3 Å². The van der Waals surface area contributed by atoms with Crippen molar-refractivity contribution in [2.45, 2.75) is 19.5 Å². The first kappa shape index (κ1) is 20.3. The number of nitrogens with zero attached hydrogens (tertiary/aromatic N) is 3. The summed E-state index contributed by atoms with van der Waals surface area (Å²) >= 11 is 0. The Morgan fingerprint density at radius 2 is 1.50 bits per heavy atom. The Kier molecular flexibility index (Phi) is 5.65. The maximum Gasteiger partial charge on any atom is 0.262 e. The predicted molar refractivity (Wildman–Crippen MR) is 114 cm³/mol. The molecule has 2 aliphatic heterocycles. The van der Waals surface area contributed by atoms with Gasteiger partial charge < -0.3 is 10.2 Å². The number of amides is 3. The first-order chi connectivity index (χ1) is 14.4. The van der Waals surface area contributed by atoms with Crippen LogP contribution in [-0.2, 0) is 11.3 Å². The SMILES string of the molecule is CC(C(=O)Nc1ccc(CN2CCN(C)CC2)cc1)N1C(=O)c2ccccc2C1=O. The second kappa shape index (κ2) is 8.38. The van der Waals surface area contributed by atoms with Gasteiger partial charge in [-0.3, -0.25) is 24.2 Å². The molecule has 1 N–H and O–H groups in total. The van der Waals surface area contributed by atoms with Crippen molar-refractivity contribution >= 4 is 23.4 Å². The lowest BCUT2D eigenvalue weighted by molar-refractivity contribution is -0.119. The second-order valence-electron chi connectivity index (χ2n) is 7.97. The highest BCUT2D eigenvalue weighted by Crippen LogP contribution is 2.25. The number of carbonyl (C=O) groups is 3. The minimum Gasteiger partial charge on any atom is -0.324 e. The van der Waals surface area contributed by atoms with Crippen LogP contribution in [0.15, 0.2) is 48.5 Å². The fraction of sp³-hybridized carbons (Fsp3) is 0.348. The molecule has 0 bridgehead atoms. The molecule has 1 unspecified atom stereocenters.